The third kappa shape index (κ3) is 3.73. The molecule has 0 bridgehead atoms. The van der Waals surface area contributed by atoms with Crippen LogP contribution in [0, 0.1) is 0 Å². The molecule has 0 saturated carbocycles. The van der Waals surface area contributed by atoms with E-state index < -0.39 is 0 Å². The van der Waals surface area contributed by atoms with Crippen LogP contribution in [-0.4, -0.2) is 0 Å². The van der Waals surface area contributed by atoms with Crippen LogP contribution in [0.1, 0.15) is 47.2 Å². The number of fused-ring (bicyclic) bond motifs is 16. The van der Waals surface area contributed by atoms with Crippen molar-refractivity contribution >= 4 is 48.6 Å². The second kappa shape index (κ2) is 10.7. The molecule has 54 heavy (non-hydrogen) atoms. The molecule has 0 N–H and O–H groups in total. The molecule has 0 atom stereocenters. The lowest BCUT2D eigenvalue weighted by Gasteiger charge is -2.31. The minimum atomic E-state index is -0.364. The fourth-order valence-electron chi connectivity index (χ4n) is 10.4. The predicted molar refractivity (Wildman–Crippen MR) is 228 cm³/mol. The van der Waals surface area contributed by atoms with Crippen LogP contribution in [-0.2, 0) is 10.8 Å². The number of hydrogen-bond donors (Lipinski definition) is 0. The molecule has 2 heteroatoms. The summed E-state index contributed by atoms with van der Waals surface area (Å²) in [5.41, 5.74) is 19.3. The van der Waals surface area contributed by atoms with Crippen LogP contribution in [0.5, 0.6) is 0 Å². The molecule has 1 spiro atoms. The predicted octanol–water partition coefficient (Wildman–Crippen LogP) is 14.2. The van der Waals surface area contributed by atoms with Crippen molar-refractivity contribution in [1.82, 2.24) is 0 Å². The van der Waals surface area contributed by atoms with Gasteiger partial charge in [-0.25, -0.2) is 0 Å². The first kappa shape index (κ1) is 30.3. The van der Waals surface area contributed by atoms with E-state index in [0.717, 1.165) is 0 Å². The van der Waals surface area contributed by atoms with Crippen molar-refractivity contribution in [3.63, 3.8) is 0 Å². The van der Waals surface area contributed by atoms with Gasteiger partial charge in [-0.15, -0.1) is 11.3 Å². The number of rotatable bonds is 3. The molecular weight excluding hydrogens is 671 g/mol. The minimum Gasteiger partial charge on any atom is -0.309 e. The second-order valence-electron chi connectivity index (χ2n) is 15.6. The highest BCUT2D eigenvalue weighted by atomic mass is 32.1. The van der Waals surface area contributed by atoms with Crippen LogP contribution in [0.4, 0.5) is 17.1 Å². The van der Waals surface area contributed by atoms with E-state index in [1.807, 2.05) is 11.3 Å². The minimum absolute atomic E-state index is 0.107. The quantitative estimate of drug-likeness (QED) is 0.177. The van der Waals surface area contributed by atoms with E-state index in [9.17, 15) is 0 Å². The Morgan fingerprint density at radius 2 is 0.889 bits per heavy atom. The monoisotopic (exact) mass is 705 g/mol. The van der Waals surface area contributed by atoms with Gasteiger partial charge in [0.05, 0.1) is 15.8 Å². The standard InChI is InChI=1S/C52H35NS/c1-51(2)42-20-8-3-14-34(42)38-28-26-33(31-47(38)51)53(48-24-13-19-40-39-18-7-12-25-49(39)54-50(40)48)32-27-29-46-41(30-32)37-17-6-11-23-45(37)52(46)43-21-9-4-15-35(43)36-16-5-10-22-44(36)52/h3-31H,1-2H3. The Balaban J connectivity index is 1.13. The third-order valence-electron chi connectivity index (χ3n) is 12.7. The maximum absolute atomic E-state index is 2.53. The summed E-state index contributed by atoms with van der Waals surface area (Å²) >= 11 is 1.89. The number of nitrogens with zero attached hydrogens (tertiary/aromatic N) is 1. The summed E-state index contributed by atoms with van der Waals surface area (Å²) < 4.78 is 2.62. The molecule has 8 aromatic carbocycles. The van der Waals surface area contributed by atoms with Gasteiger partial charge in [0.2, 0.25) is 0 Å². The summed E-state index contributed by atoms with van der Waals surface area (Å²) in [5.74, 6) is 0. The van der Waals surface area contributed by atoms with Crippen LogP contribution >= 0.6 is 11.3 Å². The zero-order valence-electron chi connectivity index (χ0n) is 30.1. The number of thiophene rings is 1. The molecule has 0 fully saturated rings. The Labute approximate surface area is 319 Å². The molecule has 3 aliphatic rings. The van der Waals surface area contributed by atoms with Gasteiger partial charge in [-0.05, 0) is 103 Å². The SMILES string of the molecule is CC1(C)c2ccccc2-c2ccc(N(c3ccc4c(c3)-c3ccccc3C43c4ccccc4-c4ccccc43)c3cccc4c3sc3ccccc34)cc21. The highest BCUT2D eigenvalue weighted by Crippen LogP contribution is 2.63. The lowest BCUT2D eigenvalue weighted by molar-refractivity contribution is 0.660. The lowest BCUT2D eigenvalue weighted by atomic mass is 9.70. The first-order valence-electron chi connectivity index (χ1n) is 18.9. The molecule has 0 amide bonds. The van der Waals surface area contributed by atoms with Crippen molar-refractivity contribution < 1.29 is 0 Å². The molecule has 0 aliphatic heterocycles. The fraction of sp³-hybridized carbons (Fsp3) is 0.0769. The Kier molecular flexibility index (Phi) is 5.99. The third-order valence-corrected chi connectivity index (χ3v) is 13.9. The summed E-state index contributed by atoms with van der Waals surface area (Å²) in [6.45, 7) is 4.75. The second-order valence-corrected chi connectivity index (χ2v) is 16.7. The van der Waals surface area contributed by atoms with Crippen LogP contribution in [0.15, 0.2) is 176 Å². The molecule has 9 aromatic rings. The first-order chi connectivity index (χ1) is 26.5. The van der Waals surface area contributed by atoms with E-state index in [4.69, 9.17) is 0 Å². The summed E-state index contributed by atoms with van der Waals surface area (Å²) in [5, 5.41) is 2.62. The van der Waals surface area contributed by atoms with Crippen LogP contribution < -0.4 is 4.90 Å². The van der Waals surface area contributed by atoms with Gasteiger partial charge in [0.1, 0.15) is 0 Å². The number of hydrogen-bond acceptors (Lipinski definition) is 2. The summed E-state index contributed by atoms with van der Waals surface area (Å²) in [4.78, 5) is 2.53. The summed E-state index contributed by atoms with van der Waals surface area (Å²) in [6, 6.07) is 66.3. The van der Waals surface area contributed by atoms with Gasteiger partial charge in [-0.1, -0.05) is 153 Å². The highest BCUT2D eigenvalue weighted by molar-refractivity contribution is 7.26. The van der Waals surface area contributed by atoms with E-state index in [1.54, 1.807) is 0 Å². The van der Waals surface area contributed by atoms with Crippen molar-refractivity contribution in [1.29, 1.82) is 0 Å². The van der Waals surface area contributed by atoms with Gasteiger partial charge in [-0.3, -0.25) is 0 Å². The molecule has 3 aliphatic carbocycles. The average Bonchev–Trinajstić information content (AvgIpc) is 3.91. The Morgan fingerprint density at radius 1 is 0.389 bits per heavy atom. The molecule has 0 unspecified atom stereocenters. The molecule has 12 rings (SSSR count). The molecule has 1 aromatic heterocycles. The average molecular weight is 706 g/mol. The van der Waals surface area contributed by atoms with Crippen molar-refractivity contribution in [2.75, 3.05) is 4.90 Å². The Bertz CT molecular complexity index is 3010. The first-order valence-corrected chi connectivity index (χ1v) is 19.8. The molecule has 1 heterocycles. The van der Waals surface area contributed by atoms with Gasteiger partial charge in [0.25, 0.3) is 0 Å². The Hall–Kier alpha value is -6.22. The van der Waals surface area contributed by atoms with Gasteiger partial charge >= 0.3 is 0 Å². The van der Waals surface area contributed by atoms with Gasteiger partial charge in [0.15, 0.2) is 0 Å². The van der Waals surface area contributed by atoms with Crippen molar-refractivity contribution in [2.45, 2.75) is 24.7 Å². The lowest BCUT2D eigenvalue weighted by Crippen LogP contribution is -2.25. The van der Waals surface area contributed by atoms with E-state index in [-0.39, 0.29) is 10.8 Å². The van der Waals surface area contributed by atoms with Crippen molar-refractivity contribution in [2.24, 2.45) is 0 Å². The Morgan fingerprint density at radius 3 is 1.59 bits per heavy atom. The molecule has 0 radical (unpaired) electrons. The van der Waals surface area contributed by atoms with Crippen LogP contribution in [0.2, 0.25) is 0 Å². The summed E-state index contributed by atoms with van der Waals surface area (Å²) in [6.07, 6.45) is 0. The van der Waals surface area contributed by atoms with E-state index in [1.165, 1.54) is 104 Å². The molecule has 1 nitrogen and oxygen atoms in total. The zero-order valence-corrected chi connectivity index (χ0v) is 30.9. The molecule has 254 valence electrons. The van der Waals surface area contributed by atoms with E-state index in [0.29, 0.717) is 0 Å². The molecule has 0 saturated heterocycles. The van der Waals surface area contributed by atoms with Crippen LogP contribution in [0.3, 0.4) is 0 Å². The summed E-state index contributed by atoms with van der Waals surface area (Å²) in [7, 11) is 0. The van der Waals surface area contributed by atoms with E-state index in [2.05, 4.69) is 195 Å². The maximum Gasteiger partial charge on any atom is 0.0725 e. The van der Waals surface area contributed by atoms with Crippen molar-refractivity contribution in [3.05, 3.63) is 209 Å². The number of benzene rings is 8. The molecular formula is C52H35NS. The smallest absolute Gasteiger partial charge is 0.0725 e. The van der Waals surface area contributed by atoms with E-state index >= 15 is 0 Å². The zero-order chi connectivity index (χ0) is 35.8. The normalized spacial score (nSPS) is 14.8. The topological polar surface area (TPSA) is 3.24 Å². The largest absolute Gasteiger partial charge is 0.309 e. The van der Waals surface area contributed by atoms with Crippen molar-refractivity contribution in [3.8, 4) is 33.4 Å². The van der Waals surface area contributed by atoms with Gasteiger partial charge < -0.3 is 4.90 Å². The van der Waals surface area contributed by atoms with Gasteiger partial charge in [-0.2, -0.15) is 0 Å². The van der Waals surface area contributed by atoms with Gasteiger partial charge in [0, 0.05) is 32.3 Å². The maximum atomic E-state index is 2.53. The number of anilines is 3. The van der Waals surface area contributed by atoms with Crippen LogP contribution in [0.25, 0.3) is 53.6 Å². The fourth-order valence-corrected chi connectivity index (χ4v) is 11.6. The highest BCUT2D eigenvalue weighted by Gasteiger charge is 2.51.